The Balaban J connectivity index is 0.000000704. The van der Waals surface area contributed by atoms with Crippen LogP contribution in [0.5, 0.6) is 5.75 Å². The van der Waals surface area contributed by atoms with Gasteiger partial charge in [0.15, 0.2) is 0 Å². The molecule has 1 amide bonds. The normalized spacial score (nSPS) is 14.9. The molecule has 1 aliphatic heterocycles. The molecule has 0 unspecified atom stereocenters. The number of hydrogen-bond acceptors (Lipinski definition) is 3. The van der Waals surface area contributed by atoms with Gasteiger partial charge < -0.3 is 15.3 Å². The van der Waals surface area contributed by atoms with E-state index in [1.54, 1.807) is 17.0 Å². The number of carbonyl (C=O) groups is 1. The van der Waals surface area contributed by atoms with Crippen molar-refractivity contribution in [1.82, 2.24) is 5.32 Å². The van der Waals surface area contributed by atoms with E-state index in [-0.39, 0.29) is 11.7 Å². The van der Waals surface area contributed by atoms with E-state index in [9.17, 15) is 9.90 Å². The van der Waals surface area contributed by atoms with Crippen molar-refractivity contribution >= 4 is 22.4 Å². The summed E-state index contributed by atoms with van der Waals surface area (Å²) in [6.07, 6.45) is 0. The second-order valence-electron chi connectivity index (χ2n) is 4.40. The highest BCUT2D eigenvalue weighted by Gasteiger charge is 2.20. The van der Waals surface area contributed by atoms with E-state index in [4.69, 9.17) is 0 Å². The van der Waals surface area contributed by atoms with Gasteiger partial charge in [-0.1, -0.05) is 32.0 Å². The number of amides is 1. The molecule has 20 heavy (non-hydrogen) atoms. The minimum atomic E-state index is 0.0668. The van der Waals surface area contributed by atoms with Gasteiger partial charge in [-0.15, -0.1) is 0 Å². The zero-order valence-electron chi connectivity index (χ0n) is 11.9. The summed E-state index contributed by atoms with van der Waals surface area (Å²) in [5.41, 5.74) is 0.870. The van der Waals surface area contributed by atoms with Crippen molar-refractivity contribution in [1.29, 1.82) is 0 Å². The van der Waals surface area contributed by atoms with E-state index in [1.807, 2.05) is 38.1 Å². The van der Waals surface area contributed by atoms with Crippen LogP contribution in [-0.2, 0) is 4.79 Å². The molecule has 1 saturated heterocycles. The highest BCUT2D eigenvalue weighted by molar-refractivity contribution is 6.05. The lowest BCUT2D eigenvalue weighted by molar-refractivity contribution is -0.118. The summed E-state index contributed by atoms with van der Waals surface area (Å²) in [6.45, 7) is 5.82. The molecule has 2 aromatic rings. The predicted molar refractivity (Wildman–Crippen MR) is 82.2 cm³/mol. The Morgan fingerprint density at radius 2 is 2.00 bits per heavy atom. The van der Waals surface area contributed by atoms with Gasteiger partial charge in [-0.05, 0) is 23.6 Å². The van der Waals surface area contributed by atoms with E-state index in [1.165, 1.54) is 0 Å². The minimum Gasteiger partial charge on any atom is -0.508 e. The maximum absolute atomic E-state index is 11.9. The molecule has 0 radical (unpaired) electrons. The SMILES string of the molecule is CC.O=C1CNCCN1c1cccc2ccc(O)cc12. The number of piperazine rings is 1. The maximum Gasteiger partial charge on any atom is 0.241 e. The number of carbonyl (C=O) groups excluding carboxylic acids is 1. The van der Waals surface area contributed by atoms with E-state index in [2.05, 4.69) is 5.32 Å². The number of hydrogen-bond donors (Lipinski definition) is 2. The van der Waals surface area contributed by atoms with Gasteiger partial charge in [0, 0.05) is 18.5 Å². The van der Waals surface area contributed by atoms with E-state index in [0.717, 1.165) is 23.0 Å². The van der Waals surface area contributed by atoms with Crippen molar-refractivity contribution in [2.24, 2.45) is 0 Å². The molecule has 0 saturated carbocycles. The van der Waals surface area contributed by atoms with Crippen LogP contribution in [0.2, 0.25) is 0 Å². The quantitative estimate of drug-likeness (QED) is 0.838. The largest absolute Gasteiger partial charge is 0.508 e. The molecule has 1 aliphatic rings. The lowest BCUT2D eigenvalue weighted by Crippen LogP contribution is -2.48. The number of nitrogens with zero attached hydrogens (tertiary/aromatic N) is 1. The van der Waals surface area contributed by atoms with Gasteiger partial charge in [-0.3, -0.25) is 4.79 Å². The summed E-state index contributed by atoms with van der Waals surface area (Å²) < 4.78 is 0. The first-order valence-electron chi connectivity index (χ1n) is 6.98. The van der Waals surface area contributed by atoms with Crippen molar-refractivity contribution < 1.29 is 9.90 Å². The van der Waals surface area contributed by atoms with Crippen LogP contribution in [0.1, 0.15) is 13.8 Å². The third kappa shape index (κ3) is 2.75. The number of phenols is 1. The van der Waals surface area contributed by atoms with Gasteiger partial charge in [-0.2, -0.15) is 0 Å². The second-order valence-corrected chi connectivity index (χ2v) is 4.40. The lowest BCUT2D eigenvalue weighted by Gasteiger charge is -2.28. The smallest absolute Gasteiger partial charge is 0.241 e. The molecule has 0 atom stereocenters. The van der Waals surface area contributed by atoms with Crippen LogP contribution in [0.3, 0.4) is 0 Å². The Bertz CT molecular complexity index is 610. The zero-order chi connectivity index (χ0) is 14.5. The first kappa shape index (κ1) is 14.3. The van der Waals surface area contributed by atoms with Crippen LogP contribution in [0, 0.1) is 0 Å². The average Bonchev–Trinajstić information content (AvgIpc) is 2.49. The number of nitrogens with one attached hydrogen (secondary N) is 1. The Hall–Kier alpha value is -2.07. The fourth-order valence-corrected chi connectivity index (χ4v) is 2.34. The van der Waals surface area contributed by atoms with Crippen LogP contribution in [0.25, 0.3) is 10.8 Å². The number of aromatic hydroxyl groups is 1. The van der Waals surface area contributed by atoms with Gasteiger partial charge in [0.1, 0.15) is 5.75 Å². The highest BCUT2D eigenvalue weighted by atomic mass is 16.3. The Morgan fingerprint density at radius 3 is 2.75 bits per heavy atom. The number of phenolic OH excluding ortho intramolecular Hbond substituents is 1. The highest BCUT2D eigenvalue weighted by Crippen LogP contribution is 2.30. The summed E-state index contributed by atoms with van der Waals surface area (Å²) in [5, 5.41) is 14.6. The molecule has 4 nitrogen and oxygen atoms in total. The molecule has 2 aromatic carbocycles. The Kier molecular flexibility index (Phi) is 4.58. The molecule has 0 bridgehead atoms. The van der Waals surface area contributed by atoms with E-state index >= 15 is 0 Å². The topological polar surface area (TPSA) is 52.6 Å². The number of fused-ring (bicyclic) bond motifs is 1. The van der Waals surface area contributed by atoms with Gasteiger partial charge in [0.05, 0.1) is 12.2 Å². The first-order chi connectivity index (χ1) is 9.75. The van der Waals surface area contributed by atoms with Crippen LogP contribution in [-0.4, -0.2) is 30.6 Å². The molecule has 0 aliphatic carbocycles. The zero-order valence-corrected chi connectivity index (χ0v) is 11.9. The fraction of sp³-hybridized carbons (Fsp3) is 0.312. The van der Waals surface area contributed by atoms with Crippen molar-refractivity contribution in [2.45, 2.75) is 13.8 Å². The molecule has 3 rings (SSSR count). The molecule has 4 heteroatoms. The van der Waals surface area contributed by atoms with Gasteiger partial charge in [0.2, 0.25) is 5.91 Å². The van der Waals surface area contributed by atoms with Gasteiger partial charge in [0.25, 0.3) is 0 Å². The monoisotopic (exact) mass is 272 g/mol. The van der Waals surface area contributed by atoms with Crippen LogP contribution in [0.15, 0.2) is 36.4 Å². The summed E-state index contributed by atoms with van der Waals surface area (Å²) in [7, 11) is 0. The molecule has 1 heterocycles. The van der Waals surface area contributed by atoms with Crippen molar-refractivity contribution in [3.8, 4) is 5.75 Å². The van der Waals surface area contributed by atoms with Gasteiger partial charge >= 0.3 is 0 Å². The lowest BCUT2D eigenvalue weighted by atomic mass is 10.1. The Labute approximate surface area is 119 Å². The van der Waals surface area contributed by atoms with Crippen molar-refractivity contribution in [2.75, 3.05) is 24.5 Å². The molecular formula is C16H20N2O2. The molecule has 106 valence electrons. The summed E-state index contributed by atoms with van der Waals surface area (Å²) >= 11 is 0. The molecule has 0 spiro atoms. The first-order valence-corrected chi connectivity index (χ1v) is 6.98. The molecule has 2 N–H and O–H groups in total. The summed E-state index contributed by atoms with van der Waals surface area (Å²) in [6, 6.07) is 11.1. The third-order valence-corrected chi connectivity index (χ3v) is 3.22. The predicted octanol–water partition coefficient (Wildman–Crippen LogP) is 2.51. The van der Waals surface area contributed by atoms with Gasteiger partial charge in [-0.25, -0.2) is 0 Å². The van der Waals surface area contributed by atoms with Crippen LogP contribution >= 0.6 is 0 Å². The fourth-order valence-electron chi connectivity index (χ4n) is 2.34. The standard InChI is InChI=1S/C14H14N2O2.C2H6/c17-11-5-4-10-2-1-3-13(12(10)8-11)16-7-6-15-9-14(16)18;1-2/h1-5,8,15,17H,6-7,9H2;1-2H3. The summed E-state index contributed by atoms with van der Waals surface area (Å²) in [4.78, 5) is 13.7. The number of rotatable bonds is 1. The van der Waals surface area contributed by atoms with E-state index in [0.29, 0.717) is 13.1 Å². The minimum absolute atomic E-state index is 0.0668. The molecular weight excluding hydrogens is 252 g/mol. The maximum atomic E-state index is 11.9. The number of anilines is 1. The molecule has 0 aromatic heterocycles. The van der Waals surface area contributed by atoms with Crippen molar-refractivity contribution in [3.63, 3.8) is 0 Å². The van der Waals surface area contributed by atoms with Crippen molar-refractivity contribution in [3.05, 3.63) is 36.4 Å². The van der Waals surface area contributed by atoms with E-state index < -0.39 is 0 Å². The molecule has 1 fully saturated rings. The number of benzene rings is 2. The second kappa shape index (κ2) is 6.39. The summed E-state index contributed by atoms with van der Waals surface area (Å²) in [5.74, 6) is 0.287. The van der Waals surface area contributed by atoms with Crippen LogP contribution < -0.4 is 10.2 Å². The Morgan fingerprint density at radius 1 is 1.20 bits per heavy atom. The third-order valence-electron chi connectivity index (χ3n) is 3.22. The van der Waals surface area contributed by atoms with Crippen LogP contribution in [0.4, 0.5) is 5.69 Å². The average molecular weight is 272 g/mol.